The minimum Gasteiger partial charge on any atom is -0.267 e. The molecule has 0 spiro atoms. The van der Waals surface area contributed by atoms with Crippen LogP contribution in [0.1, 0.15) is 5.69 Å². The number of aromatic amines is 1. The summed E-state index contributed by atoms with van der Waals surface area (Å²) in [6, 6.07) is 7.55. The van der Waals surface area contributed by atoms with E-state index in [2.05, 4.69) is 10.2 Å². The van der Waals surface area contributed by atoms with Crippen molar-refractivity contribution < 1.29 is 4.39 Å². The zero-order valence-corrected chi connectivity index (χ0v) is 8.12. The molecule has 4 heteroatoms. The highest BCUT2D eigenvalue weighted by Crippen LogP contribution is 2.15. The lowest BCUT2D eigenvalue weighted by atomic mass is 10.1. The van der Waals surface area contributed by atoms with Crippen molar-refractivity contribution in [2.24, 2.45) is 0 Å². The maximum atomic E-state index is 13.0. The molecule has 0 bridgehead atoms. The summed E-state index contributed by atoms with van der Waals surface area (Å²) in [5.74, 6) is -0.360. The lowest BCUT2D eigenvalue weighted by Crippen LogP contribution is -2.11. The first-order chi connectivity index (χ1) is 7.16. The van der Waals surface area contributed by atoms with Gasteiger partial charge in [0, 0.05) is 0 Å². The van der Waals surface area contributed by atoms with Crippen molar-refractivity contribution in [1.29, 1.82) is 0 Å². The average Bonchev–Trinajstić information content (AvgIpc) is 2.22. The molecule has 0 aliphatic carbocycles. The molecule has 2 aromatic rings. The summed E-state index contributed by atoms with van der Waals surface area (Å²) in [6.07, 6.45) is 0. The Labute approximate surface area is 85.6 Å². The molecule has 1 aromatic carbocycles. The normalized spacial score (nSPS) is 10.3. The van der Waals surface area contributed by atoms with Gasteiger partial charge in [0.2, 0.25) is 0 Å². The first-order valence-electron chi connectivity index (χ1n) is 4.49. The monoisotopic (exact) mass is 204 g/mol. The average molecular weight is 204 g/mol. The summed E-state index contributed by atoms with van der Waals surface area (Å²) < 4.78 is 13.0. The van der Waals surface area contributed by atoms with Crippen LogP contribution in [-0.4, -0.2) is 10.2 Å². The van der Waals surface area contributed by atoms with Gasteiger partial charge in [0.05, 0.1) is 11.3 Å². The number of hydrogen-bond donors (Lipinski definition) is 1. The lowest BCUT2D eigenvalue weighted by Gasteiger charge is -2.00. The van der Waals surface area contributed by atoms with Gasteiger partial charge in [0.1, 0.15) is 5.82 Å². The first-order valence-corrected chi connectivity index (χ1v) is 4.49. The second-order valence-corrected chi connectivity index (χ2v) is 3.26. The third-order valence-electron chi connectivity index (χ3n) is 2.07. The van der Waals surface area contributed by atoms with Crippen molar-refractivity contribution in [1.82, 2.24) is 10.2 Å². The molecule has 0 aliphatic rings. The van der Waals surface area contributed by atoms with E-state index in [0.717, 1.165) is 0 Å². The second kappa shape index (κ2) is 3.65. The maximum absolute atomic E-state index is 13.0. The summed E-state index contributed by atoms with van der Waals surface area (Å²) in [7, 11) is 0. The lowest BCUT2D eigenvalue weighted by molar-refractivity contribution is 0.628. The van der Waals surface area contributed by atoms with Crippen LogP contribution in [0.15, 0.2) is 35.1 Å². The molecule has 0 amide bonds. The van der Waals surface area contributed by atoms with Crippen molar-refractivity contribution in [3.8, 4) is 11.1 Å². The van der Waals surface area contributed by atoms with E-state index in [4.69, 9.17) is 0 Å². The Morgan fingerprint density at radius 2 is 2.13 bits per heavy atom. The quantitative estimate of drug-likeness (QED) is 0.770. The van der Waals surface area contributed by atoms with Crippen molar-refractivity contribution in [3.63, 3.8) is 0 Å². The van der Waals surface area contributed by atoms with E-state index in [1.54, 1.807) is 25.1 Å². The number of nitrogens with zero attached hydrogens (tertiary/aromatic N) is 1. The fourth-order valence-electron chi connectivity index (χ4n) is 1.38. The largest absolute Gasteiger partial charge is 0.272 e. The molecule has 15 heavy (non-hydrogen) atoms. The van der Waals surface area contributed by atoms with Crippen LogP contribution in [0.2, 0.25) is 0 Å². The highest BCUT2D eigenvalue weighted by Gasteiger charge is 2.04. The Hall–Kier alpha value is -1.97. The highest BCUT2D eigenvalue weighted by molar-refractivity contribution is 5.62. The van der Waals surface area contributed by atoms with Gasteiger partial charge in [-0.05, 0) is 30.7 Å². The molecular weight excluding hydrogens is 195 g/mol. The molecule has 0 fully saturated rings. The SMILES string of the molecule is Cc1cc(-c2cccc(F)c2)c(=O)[nH]n1. The summed E-state index contributed by atoms with van der Waals surface area (Å²) >= 11 is 0. The topological polar surface area (TPSA) is 45.8 Å². The number of halogens is 1. The van der Waals surface area contributed by atoms with Gasteiger partial charge in [-0.1, -0.05) is 12.1 Å². The molecule has 0 saturated heterocycles. The van der Waals surface area contributed by atoms with Crippen LogP contribution in [0.4, 0.5) is 4.39 Å². The van der Waals surface area contributed by atoms with Crippen molar-refractivity contribution in [3.05, 3.63) is 52.2 Å². The van der Waals surface area contributed by atoms with Crippen molar-refractivity contribution in [2.75, 3.05) is 0 Å². The Kier molecular flexibility index (Phi) is 2.33. The molecule has 3 nitrogen and oxygen atoms in total. The third kappa shape index (κ3) is 1.93. The zero-order chi connectivity index (χ0) is 10.8. The van der Waals surface area contributed by atoms with Gasteiger partial charge in [0.25, 0.3) is 5.56 Å². The molecule has 1 heterocycles. The summed E-state index contributed by atoms with van der Waals surface area (Å²) in [6.45, 7) is 1.76. The fourth-order valence-corrected chi connectivity index (χ4v) is 1.38. The minimum atomic E-state index is -0.360. The molecule has 0 aliphatic heterocycles. The van der Waals surface area contributed by atoms with Gasteiger partial charge in [-0.25, -0.2) is 9.49 Å². The molecule has 0 unspecified atom stereocenters. The second-order valence-electron chi connectivity index (χ2n) is 3.26. The van der Waals surface area contributed by atoms with Crippen LogP contribution in [0, 0.1) is 12.7 Å². The Bertz CT molecular complexity index is 548. The van der Waals surface area contributed by atoms with Gasteiger partial charge in [-0.3, -0.25) is 4.79 Å². The fraction of sp³-hybridized carbons (Fsp3) is 0.0909. The van der Waals surface area contributed by atoms with E-state index in [9.17, 15) is 9.18 Å². The maximum Gasteiger partial charge on any atom is 0.272 e. The number of hydrogen-bond acceptors (Lipinski definition) is 2. The Balaban J connectivity index is 2.63. The predicted octanol–water partition coefficient (Wildman–Crippen LogP) is 1.88. The van der Waals surface area contributed by atoms with Crippen molar-refractivity contribution >= 4 is 0 Å². The molecule has 0 radical (unpaired) electrons. The van der Waals surface area contributed by atoms with Gasteiger partial charge >= 0.3 is 0 Å². The summed E-state index contributed by atoms with van der Waals surface area (Å²) in [5.41, 5.74) is 1.36. The van der Waals surface area contributed by atoms with E-state index in [-0.39, 0.29) is 11.4 Å². The Morgan fingerprint density at radius 1 is 1.33 bits per heavy atom. The van der Waals surface area contributed by atoms with Crippen LogP contribution in [0.25, 0.3) is 11.1 Å². The molecular formula is C11H9FN2O. The number of benzene rings is 1. The molecule has 2 rings (SSSR count). The summed E-state index contributed by atoms with van der Waals surface area (Å²) in [5, 5.41) is 6.11. The molecule has 1 N–H and O–H groups in total. The molecule has 76 valence electrons. The molecule has 1 aromatic heterocycles. The van der Waals surface area contributed by atoms with Gasteiger partial charge in [-0.15, -0.1) is 0 Å². The third-order valence-corrected chi connectivity index (χ3v) is 2.07. The van der Waals surface area contributed by atoms with E-state index in [1.165, 1.54) is 12.1 Å². The van der Waals surface area contributed by atoms with Gasteiger partial charge < -0.3 is 0 Å². The number of nitrogens with one attached hydrogen (secondary N) is 1. The number of aryl methyl sites for hydroxylation is 1. The minimum absolute atomic E-state index is 0.314. The van der Waals surface area contributed by atoms with Crippen LogP contribution >= 0.6 is 0 Å². The summed E-state index contributed by atoms with van der Waals surface area (Å²) in [4.78, 5) is 11.4. The van der Waals surface area contributed by atoms with Crippen LogP contribution in [-0.2, 0) is 0 Å². The van der Waals surface area contributed by atoms with Crippen molar-refractivity contribution in [2.45, 2.75) is 6.92 Å². The standard InChI is InChI=1S/C11H9FN2O/c1-7-5-10(11(15)14-13-7)8-3-2-4-9(12)6-8/h2-6H,1H3,(H,14,15). The number of rotatable bonds is 1. The molecule has 0 atom stereocenters. The van der Waals surface area contributed by atoms with Gasteiger partial charge in [0.15, 0.2) is 0 Å². The van der Waals surface area contributed by atoms with E-state index in [0.29, 0.717) is 16.8 Å². The Morgan fingerprint density at radius 3 is 2.87 bits per heavy atom. The first kappa shape index (κ1) is 9.58. The highest BCUT2D eigenvalue weighted by atomic mass is 19.1. The van der Waals surface area contributed by atoms with Gasteiger partial charge in [-0.2, -0.15) is 5.10 Å². The number of aromatic nitrogens is 2. The van der Waals surface area contributed by atoms with E-state index in [1.807, 2.05) is 0 Å². The van der Waals surface area contributed by atoms with Crippen LogP contribution < -0.4 is 5.56 Å². The van der Waals surface area contributed by atoms with E-state index < -0.39 is 0 Å². The number of H-pyrrole nitrogens is 1. The van der Waals surface area contributed by atoms with Crippen LogP contribution in [0.3, 0.4) is 0 Å². The smallest absolute Gasteiger partial charge is 0.267 e. The van der Waals surface area contributed by atoms with E-state index >= 15 is 0 Å². The van der Waals surface area contributed by atoms with Crippen LogP contribution in [0.5, 0.6) is 0 Å². The zero-order valence-electron chi connectivity index (χ0n) is 8.12. The predicted molar refractivity (Wildman–Crippen MR) is 55.0 cm³/mol. The molecule has 0 saturated carbocycles.